The van der Waals surface area contributed by atoms with E-state index in [0.717, 1.165) is 21.8 Å². The van der Waals surface area contributed by atoms with Gasteiger partial charge in [-0.2, -0.15) is 4.31 Å². The summed E-state index contributed by atoms with van der Waals surface area (Å²) >= 11 is 0. The van der Waals surface area contributed by atoms with Crippen molar-refractivity contribution in [1.82, 2.24) is 19.2 Å². The van der Waals surface area contributed by atoms with Gasteiger partial charge in [-0.25, -0.2) is 21.8 Å². The van der Waals surface area contributed by atoms with Gasteiger partial charge in [0, 0.05) is 32.0 Å². The highest BCUT2D eigenvalue weighted by molar-refractivity contribution is 7.92. The Hall–Kier alpha value is -3.26. The Morgan fingerprint density at radius 1 is 1.06 bits per heavy atom. The van der Waals surface area contributed by atoms with E-state index in [9.17, 15) is 21.6 Å². The number of rotatable bonds is 9. The second-order valence-electron chi connectivity index (χ2n) is 8.16. The van der Waals surface area contributed by atoms with Gasteiger partial charge in [0.15, 0.2) is 0 Å². The van der Waals surface area contributed by atoms with E-state index >= 15 is 0 Å². The molecule has 0 radical (unpaired) electrons. The predicted molar refractivity (Wildman–Crippen MR) is 134 cm³/mol. The summed E-state index contributed by atoms with van der Waals surface area (Å²) in [6.45, 7) is 0.874. The average molecular weight is 534 g/mol. The molecular weight excluding hydrogens is 506 g/mol. The molecule has 2 aromatic carbocycles. The minimum Gasteiger partial charge on any atom is -0.379 e. The molecule has 1 saturated heterocycles. The lowest BCUT2D eigenvalue weighted by molar-refractivity contribution is -0.119. The molecule has 0 unspecified atom stereocenters. The first kappa shape index (κ1) is 25.8. The third-order valence-corrected chi connectivity index (χ3v) is 8.72. The summed E-state index contributed by atoms with van der Waals surface area (Å²) in [5, 5.41) is 2.76. The Kier molecular flexibility index (Phi) is 7.73. The van der Waals surface area contributed by atoms with Crippen LogP contribution in [0.1, 0.15) is 5.56 Å². The van der Waals surface area contributed by atoms with Crippen molar-refractivity contribution in [3.63, 3.8) is 0 Å². The molecule has 1 N–H and O–H groups in total. The number of morpholine rings is 1. The number of nitrogens with zero attached hydrogens (tertiary/aromatic N) is 4. The maximum absolute atomic E-state index is 12.8. The third-order valence-electron chi connectivity index (χ3n) is 5.67. The number of hydrogen-bond donors (Lipinski definition) is 1. The van der Waals surface area contributed by atoms with Crippen LogP contribution in [0.25, 0.3) is 5.69 Å². The molecular formula is C23H27N5O6S2. The minimum atomic E-state index is -3.82. The van der Waals surface area contributed by atoms with Crippen LogP contribution in [0.5, 0.6) is 0 Å². The maximum atomic E-state index is 12.8. The maximum Gasteiger partial charge on any atom is 0.243 e. The molecule has 4 rings (SSSR count). The molecule has 0 spiro atoms. The largest absolute Gasteiger partial charge is 0.379 e. The van der Waals surface area contributed by atoms with Crippen molar-refractivity contribution < 1.29 is 26.4 Å². The second-order valence-corrected chi connectivity index (χ2v) is 12.0. The van der Waals surface area contributed by atoms with Gasteiger partial charge in [0.05, 0.1) is 42.1 Å². The van der Waals surface area contributed by atoms with Crippen molar-refractivity contribution in [3.05, 3.63) is 72.8 Å². The molecule has 3 aromatic rings. The lowest BCUT2D eigenvalue weighted by atomic mass is 10.1. The van der Waals surface area contributed by atoms with Crippen LogP contribution in [0.15, 0.2) is 72.1 Å². The molecule has 1 aliphatic heterocycles. The monoisotopic (exact) mass is 533 g/mol. The summed E-state index contributed by atoms with van der Waals surface area (Å²) < 4.78 is 59.9. The number of anilines is 1. The first-order valence-corrected chi connectivity index (χ1v) is 14.4. The predicted octanol–water partition coefficient (Wildman–Crippen LogP) is 0.976. The van der Waals surface area contributed by atoms with Gasteiger partial charge in [0.25, 0.3) is 0 Å². The van der Waals surface area contributed by atoms with Crippen LogP contribution >= 0.6 is 0 Å². The van der Waals surface area contributed by atoms with Gasteiger partial charge in [-0.05, 0) is 35.9 Å². The molecule has 1 fully saturated rings. The molecule has 0 bridgehead atoms. The standard InChI is InChI=1S/C23H27N5O6S2/c1-35(30,31)28(20-6-8-21(9-7-20)36(32,33)27-12-14-34-15-13-27)17-23(29)25-16-19-4-2-3-5-22(19)26-11-10-24-18-26/h2-11,18H,12-17H2,1H3,(H,25,29). The summed E-state index contributed by atoms with van der Waals surface area (Å²) in [5.41, 5.74) is 1.85. The normalized spacial score (nSPS) is 14.9. The van der Waals surface area contributed by atoms with E-state index in [1.54, 1.807) is 18.7 Å². The van der Waals surface area contributed by atoms with Gasteiger partial charge in [-0.3, -0.25) is 9.10 Å². The second kappa shape index (κ2) is 10.8. The number of para-hydroxylation sites is 1. The molecule has 2 heterocycles. The first-order valence-electron chi connectivity index (χ1n) is 11.1. The number of ether oxygens (including phenoxy) is 1. The molecule has 1 aliphatic rings. The van der Waals surface area contributed by atoms with Crippen LogP contribution in [0.2, 0.25) is 0 Å². The van der Waals surface area contributed by atoms with E-state index in [1.807, 2.05) is 28.8 Å². The number of hydrogen-bond acceptors (Lipinski definition) is 7. The van der Waals surface area contributed by atoms with Crippen LogP contribution in [0.4, 0.5) is 5.69 Å². The van der Waals surface area contributed by atoms with E-state index in [2.05, 4.69) is 10.3 Å². The summed E-state index contributed by atoms with van der Waals surface area (Å²) in [5.74, 6) is -0.508. The highest BCUT2D eigenvalue weighted by Gasteiger charge is 2.27. The fourth-order valence-corrected chi connectivity index (χ4v) is 6.08. The number of aromatic nitrogens is 2. The van der Waals surface area contributed by atoms with Crippen molar-refractivity contribution >= 4 is 31.6 Å². The van der Waals surface area contributed by atoms with Crippen molar-refractivity contribution in [3.8, 4) is 5.69 Å². The van der Waals surface area contributed by atoms with Crippen LogP contribution in [-0.4, -0.2) is 75.7 Å². The number of imidazole rings is 1. The van der Waals surface area contributed by atoms with E-state index in [4.69, 9.17) is 4.74 Å². The van der Waals surface area contributed by atoms with E-state index in [1.165, 1.54) is 28.6 Å². The molecule has 0 aliphatic carbocycles. The Labute approximate surface area is 210 Å². The Balaban J connectivity index is 1.47. The smallest absolute Gasteiger partial charge is 0.243 e. The van der Waals surface area contributed by atoms with Gasteiger partial charge in [0.1, 0.15) is 6.54 Å². The average Bonchev–Trinajstić information content (AvgIpc) is 3.41. The van der Waals surface area contributed by atoms with Crippen LogP contribution in [-0.2, 0) is 36.1 Å². The lowest BCUT2D eigenvalue weighted by Crippen LogP contribution is -2.41. The zero-order chi connectivity index (χ0) is 25.8. The van der Waals surface area contributed by atoms with Crippen molar-refractivity contribution in [2.24, 2.45) is 0 Å². The van der Waals surface area contributed by atoms with Crippen molar-refractivity contribution in [2.75, 3.05) is 43.4 Å². The van der Waals surface area contributed by atoms with Crippen molar-refractivity contribution in [2.45, 2.75) is 11.4 Å². The van der Waals surface area contributed by atoms with E-state index in [0.29, 0.717) is 13.2 Å². The number of carbonyl (C=O) groups excluding carboxylic acids is 1. The summed E-state index contributed by atoms with van der Waals surface area (Å²) in [6.07, 6.45) is 6.08. The topological polar surface area (TPSA) is 131 Å². The summed E-state index contributed by atoms with van der Waals surface area (Å²) in [6, 6.07) is 12.9. The first-order chi connectivity index (χ1) is 17.2. The van der Waals surface area contributed by atoms with Gasteiger partial charge >= 0.3 is 0 Å². The molecule has 1 amide bonds. The SMILES string of the molecule is CS(=O)(=O)N(CC(=O)NCc1ccccc1-n1ccnc1)c1ccc(S(=O)(=O)N2CCOCC2)cc1. The van der Waals surface area contributed by atoms with Crippen LogP contribution < -0.4 is 9.62 Å². The lowest BCUT2D eigenvalue weighted by Gasteiger charge is -2.26. The molecule has 36 heavy (non-hydrogen) atoms. The summed E-state index contributed by atoms with van der Waals surface area (Å²) in [4.78, 5) is 16.8. The number of sulfonamides is 2. The molecule has 192 valence electrons. The highest BCUT2D eigenvalue weighted by atomic mass is 32.2. The van der Waals surface area contributed by atoms with Crippen LogP contribution in [0.3, 0.4) is 0 Å². The van der Waals surface area contributed by atoms with Gasteiger partial charge in [0.2, 0.25) is 26.0 Å². The number of benzene rings is 2. The minimum absolute atomic E-state index is 0.0437. The molecule has 0 saturated carbocycles. The Bertz CT molecular complexity index is 1400. The summed E-state index contributed by atoms with van der Waals surface area (Å²) in [7, 11) is -7.55. The third kappa shape index (κ3) is 5.93. The zero-order valence-electron chi connectivity index (χ0n) is 19.6. The quantitative estimate of drug-likeness (QED) is 0.434. The fourth-order valence-electron chi connectivity index (χ4n) is 3.81. The van der Waals surface area contributed by atoms with E-state index in [-0.39, 0.29) is 30.2 Å². The van der Waals surface area contributed by atoms with Crippen molar-refractivity contribution in [1.29, 1.82) is 0 Å². The highest BCUT2D eigenvalue weighted by Crippen LogP contribution is 2.23. The Morgan fingerprint density at radius 3 is 2.39 bits per heavy atom. The zero-order valence-corrected chi connectivity index (χ0v) is 21.3. The molecule has 0 atom stereocenters. The fraction of sp³-hybridized carbons (Fsp3) is 0.304. The van der Waals surface area contributed by atoms with Crippen LogP contribution in [0, 0.1) is 0 Å². The number of carbonyl (C=O) groups is 1. The molecule has 13 heteroatoms. The Morgan fingerprint density at radius 2 is 1.75 bits per heavy atom. The number of amides is 1. The van der Waals surface area contributed by atoms with Gasteiger partial charge in [-0.15, -0.1) is 0 Å². The van der Waals surface area contributed by atoms with Gasteiger partial charge < -0.3 is 14.6 Å². The molecule has 1 aromatic heterocycles. The molecule has 11 nitrogen and oxygen atoms in total. The number of nitrogens with one attached hydrogen (secondary N) is 1. The van der Waals surface area contributed by atoms with Gasteiger partial charge in [-0.1, -0.05) is 18.2 Å². The van der Waals surface area contributed by atoms with E-state index < -0.39 is 32.5 Å².